The summed E-state index contributed by atoms with van der Waals surface area (Å²) < 4.78 is 5.01. The van der Waals surface area contributed by atoms with Crippen molar-refractivity contribution in [1.29, 1.82) is 0 Å². The van der Waals surface area contributed by atoms with Crippen molar-refractivity contribution in [3.8, 4) is 0 Å². The van der Waals surface area contributed by atoms with Crippen LogP contribution in [0.15, 0.2) is 24.4 Å². The van der Waals surface area contributed by atoms with Crippen LogP contribution in [0.25, 0.3) is 0 Å². The van der Waals surface area contributed by atoms with E-state index in [1.54, 1.807) is 6.20 Å². The number of ether oxygens (including phenoxy) is 1. The normalized spacial score (nSPS) is 15.7. The van der Waals surface area contributed by atoms with Gasteiger partial charge in [-0.2, -0.15) is 0 Å². The van der Waals surface area contributed by atoms with Crippen molar-refractivity contribution in [3.05, 3.63) is 30.1 Å². The van der Waals surface area contributed by atoms with Crippen LogP contribution in [-0.2, 0) is 16.1 Å². The summed E-state index contributed by atoms with van der Waals surface area (Å²) in [5, 5.41) is 2.84. The molecular formula is C11H14N2O2. The van der Waals surface area contributed by atoms with Crippen LogP contribution < -0.4 is 5.32 Å². The number of hydrogen-bond donors (Lipinski definition) is 1. The second kappa shape index (κ2) is 4.89. The van der Waals surface area contributed by atoms with Crippen LogP contribution in [0.5, 0.6) is 0 Å². The third-order valence-corrected chi connectivity index (χ3v) is 2.37. The van der Waals surface area contributed by atoms with E-state index in [0.717, 1.165) is 18.9 Å². The fraction of sp³-hybridized carbons (Fsp3) is 0.455. The summed E-state index contributed by atoms with van der Waals surface area (Å²) in [5.74, 6) is 0.489. The van der Waals surface area contributed by atoms with Gasteiger partial charge in [0.05, 0.1) is 25.5 Å². The first-order chi connectivity index (χ1) is 7.34. The summed E-state index contributed by atoms with van der Waals surface area (Å²) in [6, 6.07) is 5.66. The van der Waals surface area contributed by atoms with Gasteiger partial charge in [-0.1, -0.05) is 6.07 Å². The molecule has 1 fully saturated rings. The third-order valence-electron chi connectivity index (χ3n) is 2.37. The van der Waals surface area contributed by atoms with E-state index in [2.05, 4.69) is 10.3 Å². The molecule has 1 aromatic rings. The summed E-state index contributed by atoms with van der Waals surface area (Å²) in [6.07, 6.45) is 2.29. The highest BCUT2D eigenvalue weighted by Crippen LogP contribution is 2.13. The van der Waals surface area contributed by atoms with E-state index in [1.807, 2.05) is 18.2 Å². The van der Waals surface area contributed by atoms with Gasteiger partial charge in [0, 0.05) is 18.5 Å². The molecule has 0 aromatic carbocycles. The molecule has 4 nitrogen and oxygen atoms in total. The first-order valence-electron chi connectivity index (χ1n) is 5.09. The van der Waals surface area contributed by atoms with Crippen LogP contribution in [0.4, 0.5) is 0 Å². The van der Waals surface area contributed by atoms with E-state index < -0.39 is 0 Å². The van der Waals surface area contributed by atoms with Gasteiger partial charge in [-0.05, 0) is 12.1 Å². The van der Waals surface area contributed by atoms with Crippen molar-refractivity contribution in [1.82, 2.24) is 10.3 Å². The maximum absolute atomic E-state index is 11.4. The first-order valence-corrected chi connectivity index (χ1v) is 5.09. The minimum Gasteiger partial charge on any atom is -0.381 e. The summed E-state index contributed by atoms with van der Waals surface area (Å²) in [6.45, 7) is 1.95. The molecule has 0 spiro atoms. The molecule has 1 amide bonds. The maximum atomic E-state index is 11.4. The molecule has 1 aromatic heterocycles. The molecule has 0 aliphatic carbocycles. The Hall–Kier alpha value is -1.42. The molecule has 1 aliphatic rings. The Morgan fingerprint density at radius 3 is 3.00 bits per heavy atom. The number of carbonyl (C=O) groups is 1. The van der Waals surface area contributed by atoms with E-state index in [1.165, 1.54) is 0 Å². The first kappa shape index (κ1) is 10.1. The second-order valence-electron chi connectivity index (χ2n) is 3.71. The lowest BCUT2D eigenvalue weighted by Crippen LogP contribution is -2.34. The van der Waals surface area contributed by atoms with Crippen LogP contribution in [0, 0.1) is 5.92 Å². The zero-order valence-electron chi connectivity index (χ0n) is 8.48. The Bertz CT molecular complexity index is 323. The average Bonchev–Trinajstić information content (AvgIpc) is 2.22. The van der Waals surface area contributed by atoms with E-state index >= 15 is 0 Å². The van der Waals surface area contributed by atoms with E-state index in [4.69, 9.17) is 4.74 Å². The summed E-state index contributed by atoms with van der Waals surface area (Å²) in [7, 11) is 0. The van der Waals surface area contributed by atoms with Crippen LogP contribution in [0.1, 0.15) is 12.1 Å². The molecule has 15 heavy (non-hydrogen) atoms. The van der Waals surface area contributed by atoms with Crippen molar-refractivity contribution in [2.24, 2.45) is 5.92 Å². The zero-order chi connectivity index (χ0) is 10.5. The highest BCUT2D eigenvalue weighted by molar-refractivity contribution is 5.76. The van der Waals surface area contributed by atoms with Crippen molar-refractivity contribution >= 4 is 5.91 Å². The van der Waals surface area contributed by atoms with Crippen LogP contribution >= 0.6 is 0 Å². The quantitative estimate of drug-likeness (QED) is 0.790. The molecule has 1 aliphatic heterocycles. The van der Waals surface area contributed by atoms with Gasteiger partial charge >= 0.3 is 0 Å². The van der Waals surface area contributed by atoms with Crippen molar-refractivity contribution in [2.75, 3.05) is 13.2 Å². The van der Waals surface area contributed by atoms with Crippen LogP contribution in [-0.4, -0.2) is 24.1 Å². The topological polar surface area (TPSA) is 51.2 Å². The predicted octanol–water partition coefficient (Wildman–Crippen LogP) is 0.734. The van der Waals surface area contributed by atoms with Gasteiger partial charge in [-0.15, -0.1) is 0 Å². The molecule has 4 heteroatoms. The molecule has 0 saturated carbocycles. The molecular weight excluding hydrogens is 192 g/mol. The van der Waals surface area contributed by atoms with E-state index in [9.17, 15) is 4.79 Å². The number of rotatable bonds is 4. The number of nitrogens with one attached hydrogen (secondary N) is 1. The average molecular weight is 206 g/mol. The van der Waals surface area contributed by atoms with Gasteiger partial charge in [0.2, 0.25) is 5.91 Å². The SMILES string of the molecule is O=C(CC1COC1)NCc1ccccn1. The van der Waals surface area contributed by atoms with Crippen LogP contribution in [0.3, 0.4) is 0 Å². The fourth-order valence-corrected chi connectivity index (χ4v) is 1.43. The highest BCUT2D eigenvalue weighted by atomic mass is 16.5. The molecule has 1 saturated heterocycles. The van der Waals surface area contributed by atoms with Crippen molar-refractivity contribution in [3.63, 3.8) is 0 Å². The van der Waals surface area contributed by atoms with Gasteiger partial charge < -0.3 is 10.1 Å². The maximum Gasteiger partial charge on any atom is 0.220 e. The van der Waals surface area contributed by atoms with Gasteiger partial charge in [0.15, 0.2) is 0 Å². The molecule has 0 atom stereocenters. The number of aromatic nitrogens is 1. The monoisotopic (exact) mass is 206 g/mol. The van der Waals surface area contributed by atoms with Crippen LogP contribution in [0.2, 0.25) is 0 Å². The number of amides is 1. The predicted molar refractivity (Wildman–Crippen MR) is 55.0 cm³/mol. The third kappa shape index (κ3) is 3.02. The van der Waals surface area contributed by atoms with E-state index in [0.29, 0.717) is 18.9 Å². The lowest BCUT2D eigenvalue weighted by atomic mass is 10.0. The summed E-state index contributed by atoms with van der Waals surface area (Å²) in [4.78, 5) is 15.5. The smallest absolute Gasteiger partial charge is 0.220 e. The second-order valence-corrected chi connectivity index (χ2v) is 3.71. The minimum atomic E-state index is 0.0777. The minimum absolute atomic E-state index is 0.0777. The number of hydrogen-bond acceptors (Lipinski definition) is 3. The van der Waals surface area contributed by atoms with Gasteiger partial charge in [0.1, 0.15) is 0 Å². The lowest BCUT2D eigenvalue weighted by molar-refractivity contribution is -0.126. The molecule has 2 rings (SSSR count). The Morgan fingerprint density at radius 2 is 2.40 bits per heavy atom. The highest BCUT2D eigenvalue weighted by Gasteiger charge is 2.21. The number of carbonyl (C=O) groups excluding carboxylic acids is 1. The van der Waals surface area contributed by atoms with Gasteiger partial charge in [-0.3, -0.25) is 9.78 Å². The fourth-order valence-electron chi connectivity index (χ4n) is 1.43. The molecule has 0 bridgehead atoms. The van der Waals surface area contributed by atoms with Crippen molar-refractivity contribution in [2.45, 2.75) is 13.0 Å². The largest absolute Gasteiger partial charge is 0.381 e. The number of pyridine rings is 1. The van der Waals surface area contributed by atoms with Crippen molar-refractivity contribution < 1.29 is 9.53 Å². The van der Waals surface area contributed by atoms with Gasteiger partial charge in [0.25, 0.3) is 0 Å². The Labute approximate surface area is 88.7 Å². The lowest BCUT2D eigenvalue weighted by Gasteiger charge is -2.25. The standard InChI is InChI=1S/C11H14N2O2/c14-11(5-9-7-15-8-9)13-6-10-3-1-2-4-12-10/h1-4,9H,5-8H2,(H,13,14). The number of nitrogens with zero attached hydrogens (tertiary/aromatic N) is 1. The zero-order valence-corrected chi connectivity index (χ0v) is 8.48. The Balaban J connectivity index is 1.71. The summed E-state index contributed by atoms with van der Waals surface area (Å²) in [5.41, 5.74) is 0.885. The van der Waals surface area contributed by atoms with E-state index in [-0.39, 0.29) is 5.91 Å². The molecule has 80 valence electrons. The molecule has 1 N–H and O–H groups in total. The molecule has 0 unspecified atom stereocenters. The van der Waals surface area contributed by atoms with Gasteiger partial charge in [-0.25, -0.2) is 0 Å². The molecule has 0 radical (unpaired) electrons. The Morgan fingerprint density at radius 1 is 1.53 bits per heavy atom. The summed E-state index contributed by atoms with van der Waals surface area (Å²) >= 11 is 0. The molecule has 2 heterocycles. The Kier molecular flexibility index (Phi) is 3.29.